The number of nitrogens with two attached hydrogens (primary N) is 1. The molecule has 88 valence electrons. The molecule has 0 saturated carbocycles. The summed E-state index contributed by atoms with van der Waals surface area (Å²) in [5.74, 6) is 0. The van der Waals surface area contributed by atoms with E-state index in [4.69, 9.17) is 5.73 Å². The molecule has 0 aromatic heterocycles. The number of hydrogen-bond acceptors (Lipinski definition) is 2. The summed E-state index contributed by atoms with van der Waals surface area (Å²) in [6.07, 6.45) is 5.16. The first-order valence-electron chi connectivity index (χ1n) is 6.19. The van der Waals surface area contributed by atoms with Crippen LogP contribution in [0.4, 0.5) is 0 Å². The molecule has 1 unspecified atom stereocenters. The molecular weight excluding hydrogens is 196 g/mol. The lowest BCUT2D eigenvalue weighted by atomic mass is 9.89. The zero-order valence-electron chi connectivity index (χ0n) is 10.4. The maximum absolute atomic E-state index is 6.19. The molecule has 1 aromatic carbocycles. The molecule has 0 bridgehead atoms. The van der Waals surface area contributed by atoms with Crippen molar-refractivity contribution in [3.05, 3.63) is 34.9 Å². The van der Waals surface area contributed by atoms with Gasteiger partial charge >= 0.3 is 0 Å². The molecule has 2 N–H and O–H groups in total. The van der Waals surface area contributed by atoms with Gasteiger partial charge in [-0.05, 0) is 56.5 Å². The van der Waals surface area contributed by atoms with Gasteiger partial charge in [0.05, 0.1) is 0 Å². The van der Waals surface area contributed by atoms with Crippen molar-refractivity contribution in [2.75, 3.05) is 20.6 Å². The van der Waals surface area contributed by atoms with Crippen LogP contribution in [0.5, 0.6) is 0 Å². The van der Waals surface area contributed by atoms with Crippen LogP contribution in [0.15, 0.2) is 18.2 Å². The van der Waals surface area contributed by atoms with Gasteiger partial charge in [0.1, 0.15) is 0 Å². The number of likely N-dealkylation sites (N-methyl/N-ethyl adjacent to an activating group) is 1. The van der Waals surface area contributed by atoms with Crippen molar-refractivity contribution in [2.24, 2.45) is 5.73 Å². The highest BCUT2D eigenvalue weighted by Crippen LogP contribution is 2.24. The summed E-state index contributed by atoms with van der Waals surface area (Å²) in [4.78, 5) is 2.14. The average Bonchev–Trinajstić information content (AvgIpc) is 2.27. The maximum atomic E-state index is 6.19. The number of nitrogens with zero attached hydrogens (tertiary/aromatic N) is 1. The summed E-state index contributed by atoms with van der Waals surface area (Å²) >= 11 is 0. The zero-order valence-corrected chi connectivity index (χ0v) is 10.4. The molecular formula is C14H22N2. The predicted octanol–water partition coefficient (Wildman–Crippen LogP) is 2.13. The molecule has 0 heterocycles. The topological polar surface area (TPSA) is 29.3 Å². The fourth-order valence-electron chi connectivity index (χ4n) is 2.48. The van der Waals surface area contributed by atoms with Gasteiger partial charge in [0.2, 0.25) is 0 Å². The fourth-order valence-corrected chi connectivity index (χ4v) is 2.48. The van der Waals surface area contributed by atoms with E-state index in [2.05, 4.69) is 37.2 Å². The molecule has 1 aliphatic carbocycles. The van der Waals surface area contributed by atoms with Crippen molar-refractivity contribution in [3.8, 4) is 0 Å². The molecule has 1 aromatic rings. The summed E-state index contributed by atoms with van der Waals surface area (Å²) in [5.41, 5.74) is 10.5. The first-order chi connectivity index (χ1) is 7.66. The molecule has 0 radical (unpaired) electrons. The highest BCUT2D eigenvalue weighted by atomic mass is 15.1. The highest BCUT2D eigenvalue weighted by Gasteiger charge is 2.12. The Bertz CT molecular complexity index is 358. The number of hydrogen-bond donors (Lipinski definition) is 1. The Morgan fingerprint density at radius 3 is 2.56 bits per heavy atom. The van der Waals surface area contributed by atoms with Gasteiger partial charge in [-0.1, -0.05) is 18.2 Å². The summed E-state index contributed by atoms with van der Waals surface area (Å²) in [7, 11) is 4.14. The SMILES string of the molecule is CN(C)CC(N)c1ccc2c(c1)CCCC2. The fraction of sp³-hybridized carbons (Fsp3) is 0.571. The molecule has 0 spiro atoms. The maximum Gasteiger partial charge on any atom is 0.0424 e. The van der Waals surface area contributed by atoms with Crippen molar-refractivity contribution < 1.29 is 0 Å². The van der Waals surface area contributed by atoms with Crippen molar-refractivity contribution >= 4 is 0 Å². The van der Waals surface area contributed by atoms with E-state index in [1.165, 1.54) is 42.4 Å². The lowest BCUT2D eigenvalue weighted by molar-refractivity contribution is 0.376. The van der Waals surface area contributed by atoms with Crippen LogP contribution < -0.4 is 5.73 Å². The monoisotopic (exact) mass is 218 g/mol. The van der Waals surface area contributed by atoms with Crippen LogP contribution in [0.2, 0.25) is 0 Å². The standard InChI is InChI=1S/C14H22N2/c1-16(2)10-14(15)13-8-7-11-5-3-4-6-12(11)9-13/h7-9,14H,3-6,10,15H2,1-2H3. The highest BCUT2D eigenvalue weighted by molar-refractivity contribution is 5.35. The Balaban J connectivity index is 2.16. The number of fused-ring (bicyclic) bond motifs is 1. The third-order valence-electron chi connectivity index (χ3n) is 3.36. The van der Waals surface area contributed by atoms with E-state index < -0.39 is 0 Å². The second-order valence-corrected chi connectivity index (χ2v) is 5.10. The van der Waals surface area contributed by atoms with Crippen molar-refractivity contribution in [2.45, 2.75) is 31.7 Å². The Morgan fingerprint density at radius 2 is 1.88 bits per heavy atom. The molecule has 0 amide bonds. The Kier molecular flexibility index (Phi) is 3.62. The van der Waals surface area contributed by atoms with E-state index >= 15 is 0 Å². The van der Waals surface area contributed by atoms with Crippen molar-refractivity contribution in [3.63, 3.8) is 0 Å². The van der Waals surface area contributed by atoms with Crippen LogP contribution in [0.1, 0.15) is 35.6 Å². The summed E-state index contributed by atoms with van der Waals surface area (Å²) in [5, 5.41) is 0. The Morgan fingerprint density at radius 1 is 1.19 bits per heavy atom. The van der Waals surface area contributed by atoms with E-state index in [-0.39, 0.29) is 6.04 Å². The minimum absolute atomic E-state index is 0.141. The van der Waals surface area contributed by atoms with Crippen LogP contribution in [-0.4, -0.2) is 25.5 Å². The summed E-state index contributed by atoms with van der Waals surface area (Å²) in [6, 6.07) is 6.95. The largest absolute Gasteiger partial charge is 0.323 e. The quantitative estimate of drug-likeness (QED) is 0.842. The number of aryl methyl sites for hydroxylation is 2. The number of rotatable bonds is 3. The Labute approximate surface area is 98.4 Å². The van der Waals surface area contributed by atoms with E-state index in [1.54, 1.807) is 0 Å². The first-order valence-corrected chi connectivity index (χ1v) is 6.19. The van der Waals surface area contributed by atoms with Crippen LogP contribution in [0.3, 0.4) is 0 Å². The van der Waals surface area contributed by atoms with E-state index in [9.17, 15) is 0 Å². The minimum Gasteiger partial charge on any atom is -0.323 e. The molecule has 1 aliphatic rings. The van der Waals surface area contributed by atoms with Gasteiger partial charge in [-0.3, -0.25) is 0 Å². The third-order valence-corrected chi connectivity index (χ3v) is 3.36. The second-order valence-electron chi connectivity index (χ2n) is 5.10. The Hall–Kier alpha value is -0.860. The second kappa shape index (κ2) is 4.98. The van der Waals surface area contributed by atoms with Crippen LogP contribution >= 0.6 is 0 Å². The van der Waals surface area contributed by atoms with Crippen LogP contribution in [0.25, 0.3) is 0 Å². The van der Waals surface area contributed by atoms with Gasteiger partial charge < -0.3 is 10.6 Å². The molecule has 0 saturated heterocycles. The summed E-state index contributed by atoms with van der Waals surface area (Å²) < 4.78 is 0. The van der Waals surface area contributed by atoms with Crippen molar-refractivity contribution in [1.82, 2.24) is 4.90 Å². The van der Waals surface area contributed by atoms with Gasteiger partial charge in [-0.15, -0.1) is 0 Å². The first kappa shape index (κ1) is 11.6. The summed E-state index contributed by atoms with van der Waals surface area (Å²) in [6.45, 7) is 0.915. The predicted molar refractivity (Wildman–Crippen MR) is 68.6 cm³/mol. The van der Waals surface area contributed by atoms with Gasteiger partial charge in [-0.25, -0.2) is 0 Å². The van der Waals surface area contributed by atoms with E-state index in [1.807, 2.05) is 0 Å². The zero-order chi connectivity index (χ0) is 11.5. The number of benzene rings is 1. The molecule has 1 atom stereocenters. The average molecular weight is 218 g/mol. The van der Waals surface area contributed by atoms with E-state index in [0.29, 0.717) is 0 Å². The molecule has 0 aliphatic heterocycles. The lowest BCUT2D eigenvalue weighted by Crippen LogP contribution is -2.26. The smallest absolute Gasteiger partial charge is 0.0424 e. The van der Waals surface area contributed by atoms with Gasteiger partial charge in [0.15, 0.2) is 0 Å². The molecule has 2 rings (SSSR count). The third kappa shape index (κ3) is 2.63. The van der Waals surface area contributed by atoms with Gasteiger partial charge in [-0.2, -0.15) is 0 Å². The van der Waals surface area contributed by atoms with Crippen LogP contribution in [-0.2, 0) is 12.8 Å². The van der Waals surface area contributed by atoms with Gasteiger partial charge in [0.25, 0.3) is 0 Å². The van der Waals surface area contributed by atoms with Crippen LogP contribution in [0, 0.1) is 0 Å². The lowest BCUT2D eigenvalue weighted by Gasteiger charge is -2.21. The van der Waals surface area contributed by atoms with E-state index in [0.717, 1.165) is 6.54 Å². The van der Waals surface area contributed by atoms with Crippen molar-refractivity contribution in [1.29, 1.82) is 0 Å². The molecule has 2 heteroatoms. The molecule has 16 heavy (non-hydrogen) atoms. The normalized spacial score (nSPS) is 17.2. The molecule has 2 nitrogen and oxygen atoms in total. The molecule has 0 fully saturated rings. The minimum atomic E-state index is 0.141. The van der Waals surface area contributed by atoms with Gasteiger partial charge in [0, 0.05) is 12.6 Å².